The fraction of sp³-hybridized carbons (Fsp3) is 0.467. The maximum Gasteiger partial charge on any atom is 0.161 e. The van der Waals surface area contributed by atoms with Gasteiger partial charge in [-0.05, 0) is 38.5 Å². The molecule has 0 spiro atoms. The fourth-order valence-corrected chi connectivity index (χ4v) is 1.56. The average molecular weight is 284 g/mol. The molecule has 0 unspecified atom stereocenters. The number of hydrogen-bond donors (Lipinski definition) is 1. The molecule has 0 atom stereocenters. The molecule has 1 aromatic carbocycles. The van der Waals surface area contributed by atoms with Crippen LogP contribution in [-0.2, 0) is 6.54 Å². The number of terminal acetylenes is 1. The lowest BCUT2D eigenvalue weighted by atomic mass is 10.2. The third kappa shape index (κ3) is 6.37. The lowest BCUT2D eigenvalue weighted by Gasteiger charge is -2.15. The summed E-state index contributed by atoms with van der Waals surface area (Å²) in [6.07, 6.45) is 5.33. The highest BCUT2D eigenvalue weighted by atomic mass is 35.5. The summed E-state index contributed by atoms with van der Waals surface area (Å²) in [7, 11) is 0. The van der Waals surface area contributed by atoms with Gasteiger partial charge in [0, 0.05) is 6.54 Å². The average Bonchev–Trinajstić information content (AvgIpc) is 2.32. The Morgan fingerprint density at radius 3 is 2.63 bits per heavy atom. The van der Waals surface area contributed by atoms with Gasteiger partial charge in [-0.15, -0.1) is 18.8 Å². The SMILES string of the molecule is C#CCNCc1ccc(OC(C)C)c(OCC)c1.Cl. The zero-order valence-electron chi connectivity index (χ0n) is 11.7. The van der Waals surface area contributed by atoms with Gasteiger partial charge in [-0.25, -0.2) is 0 Å². The van der Waals surface area contributed by atoms with Crippen LogP contribution >= 0.6 is 12.4 Å². The molecule has 0 aliphatic heterocycles. The Morgan fingerprint density at radius 2 is 2.05 bits per heavy atom. The van der Waals surface area contributed by atoms with Gasteiger partial charge in [0.25, 0.3) is 0 Å². The molecule has 1 rings (SSSR count). The van der Waals surface area contributed by atoms with Crippen molar-refractivity contribution < 1.29 is 9.47 Å². The molecule has 0 bridgehead atoms. The number of benzene rings is 1. The summed E-state index contributed by atoms with van der Waals surface area (Å²) in [5.41, 5.74) is 1.13. The van der Waals surface area contributed by atoms with E-state index in [-0.39, 0.29) is 18.5 Å². The van der Waals surface area contributed by atoms with Gasteiger partial charge in [0.2, 0.25) is 0 Å². The van der Waals surface area contributed by atoms with Crippen molar-refractivity contribution in [3.8, 4) is 23.8 Å². The molecule has 0 aromatic heterocycles. The van der Waals surface area contributed by atoms with E-state index in [2.05, 4.69) is 11.2 Å². The van der Waals surface area contributed by atoms with E-state index in [0.29, 0.717) is 13.2 Å². The predicted octanol–water partition coefficient (Wildman–Crippen LogP) is 3.02. The van der Waals surface area contributed by atoms with Crippen molar-refractivity contribution in [2.75, 3.05) is 13.2 Å². The summed E-state index contributed by atoms with van der Waals surface area (Å²) in [4.78, 5) is 0. The maximum atomic E-state index is 5.70. The second kappa shape index (κ2) is 9.55. The van der Waals surface area contributed by atoms with Gasteiger partial charge in [0.15, 0.2) is 11.5 Å². The normalized spacial score (nSPS) is 9.63. The Morgan fingerprint density at radius 1 is 1.32 bits per heavy atom. The summed E-state index contributed by atoms with van der Waals surface area (Å²) in [6.45, 7) is 7.87. The Bertz CT molecular complexity index is 413. The van der Waals surface area contributed by atoms with E-state index in [4.69, 9.17) is 15.9 Å². The van der Waals surface area contributed by atoms with Crippen LogP contribution in [0.5, 0.6) is 11.5 Å². The molecule has 1 aromatic rings. The van der Waals surface area contributed by atoms with Crippen molar-refractivity contribution in [3.63, 3.8) is 0 Å². The molecule has 3 nitrogen and oxygen atoms in total. The van der Waals surface area contributed by atoms with Crippen molar-refractivity contribution in [2.45, 2.75) is 33.4 Å². The second-order valence-corrected chi connectivity index (χ2v) is 4.19. The van der Waals surface area contributed by atoms with E-state index in [9.17, 15) is 0 Å². The molecule has 0 aliphatic rings. The first-order valence-corrected chi connectivity index (χ1v) is 6.24. The third-order valence-corrected chi connectivity index (χ3v) is 2.23. The van der Waals surface area contributed by atoms with Gasteiger partial charge in [-0.1, -0.05) is 12.0 Å². The minimum absolute atomic E-state index is 0. The van der Waals surface area contributed by atoms with Crippen molar-refractivity contribution in [1.29, 1.82) is 0 Å². The van der Waals surface area contributed by atoms with Crippen LogP contribution in [0.4, 0.5) is 0 Å². The Kier molecular flexibility index (Phi) is 8.86. The largest absolute Gasteiger partial charge is 0.490 e. The molecule has 0 saturated carbocycles. The molecule has 0 heterocycles. The molecule has 0 saturated heterocycles. The van der Waals surface area contributed by atoms with Crippen molar-refractivity contribution in [3.05, 3.63) is 23.8 Å². The van der Waals surface area contributed by atoms with Crippen molar-refractivity contribution >= 4 is 12.4 Å². The van der Waals surface area contributed by atoms with Gasteiger partial charge in [-0.2, -0.15) is 0 Å². The monoisotopic (exact) mass is 283 g/mol. The first-order chi connectivity index (χ1) is 8.67. The predicted molar refractivity (Wildman–Crippen MR) is 81.2 cm³/mol. The van der Waals surface area contributed by atoms with Gasteiger partial charge in [0.1, 0.15) is 0 Å². The minimum atomic E-state index is 0. The molecule has 1 N–H and O–H groups in total. The molecular weight excluding hydrogens is 262 g/mol. The summed E-state index contributed by atoms with van der Waals surface area (Å²) in [5, 5.41) is 3.15. The van der Waals surface area contributed by atoms with E-state index >= 15 is 0 Å². The zero-order chi connectivity index (χ0) is 13.4. The van der Waals surface area contributed by atoms with Crippen LogP contribution in [0.25, 0.3) is 0 Å². The van der Waals surface area contributed by atoms with Crippen molar-refractivity contribution in [1.82, 2.24) is 5.32 Å². The molecule has 0 amide bonds. The molecule has 4 heteroatoms. The molecule has 0 aliphatic carbocycles. The summed E-state index contributed by atoms with van der Waals surface area (Å²) in [5.74, 6) is 4.12. The first-order valence-electron chi connectivity index (χ1n) is 6.24. The Balaban J connectivity index is 0.00000324. The van der Waals surface area contributed by atoms with Crippen LogP contribution in [0.1, 0.15) is 26.3 Å². The van der Waals surface area contributed by atoms with E-state index < -0.39 is 0 Å². The summed E-state index contributed by atoms with van der Waals surface area (Å²) >= 11 is 0. The number of halogens is 1. The molecule has 106 valence electrons. The highest BCUT2D eigenvalue weighted by Gasteiger charge is 2.07. The Hall–Kier alpha value is -1.37. The van der Waals surface area contributed by atoms with Crippen molar-refractivity contribution in [2.24, 2.45) is 0 Å². The van der Waals surface area contributed by atoms with Gasteiger partial charge in [0.05, 0.1) is 19.3 Å². The van der Waals surface area contributed by atoms with Gasteiger partial charge < -0.3 is 14.8 Å². The van der Waals surface area contributed by atoms with Crippen LogP contribution in [0.3, 0.4) is 0 Å². The topological polar surface area (TPSA) is 30.5 Å². The lowest BCUT2D eigenvalue weighted by molar-refractivity contribution is 0.223. The number of ether oxygens (including phenoxy) is 2. The van der Waals surface area contributed by atoms with Gasteiger partial charge in [-0.3, -0.25) is 0 Å². The lowest BCUT2D eigenvalue weighted by Crippen LogP contribution is -2.13. The molecule has 0 fully saturated rings. The quantitative estimate of drug-likeness (QED) is 0.616. The van der Waals surface area contributed by atoms with E-state index in [1.807, 2.05) is 39.0 Å². The maximum absolute atomic E-state index is 5.70. The third-order valence-electron chi connectivity index (χ3n) is 2.23. The van der Waals surface area contributed by atoms with Crippen LogP contribution in [-0.4, -0.2) is 19.3 Å². The van der Waals surface area contributed by atoms with Crippen LogP contribution in [0.2, 0.25) is 0 Å². The minimum Gasteiger partial charge on any atom is -0.490 e. The smallest absolute Gasteiger partial charge is 0.161 e. The van der Waals surface area contributed by atoms with Crippen LogP contribution in [0.15, 0.2) is 18.2 Å². The fourth-order valence-electron chi connectivity index (χ4n) is 1.56. The van der Waals surface area contributed by atoms with E-state index in [1.165, 1.54) is 0 Å². The second-order valence-electron chi connectivity index (χ2n) is 4.19. The van der Waals surface area contributed by atoms with Gasteiger partial charge >= 0.3 is 0 Å². The van der Waals surface area contributed by atoms with E-state index in [0.717, 1.165) is 23.6 Å². The molecular formula is C15H22ClNO2. The zero-order valence-corrected chi connectivity index (χ0v) is 12.5. The molecule has 0 radical (unpaired) electrons. The number of nitrogens with one attached hydrogen (secondary N) is 1. The highest BCUT2D eigenvalue weighted by Crippen LogP contribution is 2.29. The Labute approximate surface area is 122 Å². The molecule has 19 heavy (non-hydrogen) atoms. The number of rotatable bonds is 7. The number of hydrogen-bond acceptors (Lipinski definition) is 3. The first kappa shape index (κ1) is 17.6. The summed E-state index contributed by atoms with van der Waals surface area (Å²) in [6, 6.07) is 5.95. The van der Waals surface area contributed by atoms with Crippen LogP contribution in [0, 0.1) is 12.3 Å². The van der Waals surface area contributed by atoms with Crippen LogP contribution < -0.4 is 14.8 Å². The highest BCUT2D eigenvalue weighted by molar-refractivity contribution is 5.85. The standard InChI is InChI=1S/C15H21NO2.ClH/c1-5-9-16-11-13-7-8-14(18-12(3)4)15(10-13)17-6-2;/h1,7-8,10,12,16H,6,9,11H2,2-4H3;1H. The summed E-state index contributed by atoms with van der Waals surface area (Å²) < 4.78 is 11.3. The van der Waals surface area contributed by atoms with E-state index in [1.54, 1.807) is 0 Å².